The first-order valence-electron chi connectivity index (χ1n) is 24.0. The second-order valence-corrected chi connectivity index (χ2v) is 25.5. The van der Waals surface area contributed by atoms with Crippen LogP contribution in [0.3, 0.4) is 0 Å². The van der Waals surface area contributed by atoms with Gasteiger partial charge in [0.25, 0.3) is 0 Å². The van der Waals surface area contributed by atoms with Crippen molar-refractivity contribution in [2.24, 2.45) is 0 Å². The molecule has 0 amide bonds. The molecule has 22 aliphatic heterocycles. The van der Waals surface area contributed by atoms with E-state index < -0.39 is 237 Å². The van der Waals surface area contributed by atoms with Gasteiger partial charge in [-0.25, -0.2) is 0 Å². The zero-order valence-electron chi connectivity index (χ0n) is 40.5. The Morgan fingerprint density at radius 2 is 0.493 bits per heavy atom. The van der Waals surface area contributed by atoms with Crippen LogP contribution in [0.25, 0.3) is 0 Å². The van der Waals surface area contributed by atoms with Gasteiger partial charge >= 0.3 is 0 Å². The quantitative estimate of drug-likeness (QED) is 0.100. The average Bonchev–Trinajstić information content (AvgIpc) is 3.35. The van der Waals surface area contributed by atoms with Crippen molar-refractivity contribution in [2.75, 3.05) is 39.6 Å². The Bertz CT molecular complexity index is 1730. The van der Waals surface area contributed by atoms with Crippen LogP contribution in [-0.2, 0) is 61.3 Å². The SMILES string of the molecule is CC(C)(C)[Si](C)(C)O[C@@H]1[C@@H](O)[C@H]2O[C@H]3[C@H](O)[C@@H](O)[C@@H](O[C@H]4[C@H](O)[C@@H](O)[C@@H](O[C@H]5[C@H](O)[C@@H](O)[C@@H](O[C@H]6[C@H](O)[C@@H](O)[C@@H](O[C@H]7[C@H](O)[C@@H](O)[C@@H](O[C@H]1[C@@H](CO)O2)O[C@@H]7CO)O[C@@H]6CO)O[C@@H]5CO)O[C@@H]4CO)O[C@@H]3CO. The molecule has 22 rings (SSSR count). The van der Waals surface area contributed by atoms with E-state index in [2.05, 4.69) is 0 Å². The number of rotatable bonds is 8. The van der Waals surface area contributed by atoms with Crippen LogP contribution in [0.4, 0.5) is 0 Å². The third-order valence-electron chi connectivity index (χ3n) is 14.9. The van der Waals surface area contributed by atoms with Gasteiger partial charge in [-0.2, -0.15) is 0 Å². The van der Waals surface area contributed by atoms with Crippen molar-refractivity contribution < 1.29 is 148 Å². The van der Waals surface area contributed by atoms with Crippen LogP contribution in [-0.4, -0.2) is 319 Å². The Morgan fingerprint density at radius 3 is 0.699 bits per heavy atom. The molecule has 17 N–H and O–H groups in total. The second-order valence-electron chi connectivity index (χ2n) is 20.7. The van der Waals surface area contributed by atoms with Gasteiger partial charge in [-0.15, -0.1) is 0 Å². The predicted octanol–water partition coefficient (Wildman–Crippen LogP) is -10.0. The predicted molar refractivity (Wildman–Crippen MR) is 232 cm³/mol. The molecule has 30 nitrogen and oxygen atoms in total. The highest BCUT2D eigenvalue weighted by Crippen LogP contribution is 2.42. The molecule has 0 aliphatic carbocycles. The van der Waals surface area contributed by atoms with Gasteiger partial charge in [0.15, 0.2) is 46.1 Å². The first-order valence-corrected chi connectivity index (χ1v) is 26.9. The summed E-state index contributed by atoms with van der Waals surface area (Å²) in [5.41, 5.74) is 0. The summed E-state index contributed by atoms with van der Waals surface area (Å²) in [6, 6.07) is 0. The van der Waals surface area contributed by atoms with Crippen molar-refractivity contribution in [3.63, 3.8) is 0 Å². The maximum Gasteiger partial charge on any atom is 0.192 e. The Balaban J connectivity index is 1.24. The van der Waals surface area contributed by atoms with Crippen LogP contribution in [0.15, 0.2) is 0 Å². The van der Waals surface area contributed by atoms with E-state index in [0.717, 1.165) is 0 Å². The van der Waals surface area contributed by atoms with E-state index in [0.29, 0.717) is 0 Å². The molecule has 0 spiro atoms. The Labute approximate surface area is 418 Å². The molecule has 22 heterocycles. The molecule has 22 fully saturated rings. The lowest BCUT2D eigenvalue weighted by molar-refractivity contribution is -0.403. The van der Waals surface area contributed by atoms with Gasteiger partial charge in [0, 0.05) is 0 Å². The topological polar surface area (TPSA) is 464 Å². The third kappa shape index (κ3) is 11.8. The van der Waals surface area contributed by atoms with Crippen molar-refractivity contribution in [1.82, 2.24) is 0 Å². The second kappa shape index (κ2) is 24.2. The first-order chi connectivity index (χ1) is 34.4. The highest BCUT2D eigenvalue weighted by Gasteiger charge is 2.60. The van der Waals surface area contributed by atoms with Crippen molar-refractivity contribution in [2.45, 2.75) is 223 Å². The van der Waals surface area contributed by atoms with Crippen LogP contribution in [0.1, 0.15) is 20.8 Å². The number of aliphatic hydroxyl groups excluding tert-OH is 17. The minimum absolute atomic E-state index is 0.565. The summed E-state index contributed by atoms with van der Waals surface area (Å²) < 4.78 is 76.7. The minimum atomic E-state index is -3.02. The van der Waals surface area contributed by atoms with Crippen LogP contribution >= 0.6 is 0 Å². The Kier molecular flexibility index (Phi) is 19.8. The van der Waals surface area contributed by atoms with Crippen LogP contribution in [0.2, 0.25) is 18.1 Å². The molecule has 0 aromatic carbocycles. The minimum Gasteiger partial charge on any atom is -0.408 e. The lowest BCUT2D eigenvalue weighted by atomic mass is 9.94. The van der Waals surface area contributed by atoms with Crippen molar-refractivity contribution in [3.05, 3.63) is 0 Å². The van der Waals surface area contributed by atoms with Crippen LogP contribution < -0.4 is 0 Å². The highest BCUT2D eigenvalue weighted by molar-refractivity contribution is 6.74. The maximum atomic E-state index is 12.1. The van der Waals surface area contributed by atoms with E-state index in [1.54, 1.807) is 13.1 Å². The summed E-state index contributed by atoms with van der Waals surface area (Å²) in [6.07, 6.45) is -56.9. The van der Waals surface area contributed by atoms with E-state index in [1.165, 1.54) is 0 Å². The molecule has 0 saturated carbocycles. The number of hydrogen-bond acceptors (Lipinski definition) is 30. The largest absolute Gasteiger partial charge is 0.408 e. The molecule has 0 aromatic rings. The monoisotopic (exact) mass is 1090 g/mol. The van der Waals surface area contributed by atoms with Gasteiger partial charge in [0.1, 0.15) is 146 Å². The highest BCUT2D eigenvalue weighted by atomic mass is 28.4. The fourth-order valence-electron chi connectivity index (χ4n) is 9.56. The molecule has 12 bridgehead atoms. The fourth-order valence-corrected chi connectivity index (χ4v) is 10.9. The van der Waals surface area contributed by atoms with E-state index in [4.69, 9.17) is 61.3 Å². The molecule has 22 aliphatic rings. The van der Waals surface area contributed by atoms with Crippen molar-refractivity contribution >= 4 is 8.32 Å². The van der Waals surface area contributed by atoms with Gasteiger partial charge in [-0.3, -0.25) is 0 Å². The normalized spacial score (nSPS) is 51.7. The average molecular weight is 1090 g/mol. The van der Waals surface area contributed by atoms with Crippen LogP contribution in [0, 0.1) is 0 Å². The van der Waals surface area contributed by atoms with E-state index in [-0.39, 0.29) is 0 Å². The summed E-state index contributed by atoms with van der Waals surface area (Å²) in [5.74, 6) is 0. The van der Waals surface area contributed by atoms with Crippen molar-refractivity contribution in [3.8, 4) is 0 Å². The van der Waals surface area contributed by atoms with Gasteiger partial charge in [0.05, 0.1) is 39.6 Å². The standard InChI is InChI=1S/C42H74O30Si/c1-42(2,3)73(4,5)72-35-28(59)41-65-17(11-48)34(35)71-40-27(58)22(53)32(15(9-46)64-40)69-38-25(56)20(51)30(13(7-44)62-38)67-36-23(54)18(49)29(12(6-43)60-36)66-37-24(55)19(50)31(14(8-45)61-37)68-39-26(57)21(52)33(70-41)16(10-47)63-39/h12-41,43-59H,6-11H2,1-5H3/t12-,13-,14-,15-,16-,17-,18-,19-,20-,21-,22-,23-,24-,25-,26-,27-,28-,29-,30-,31-,32-,33-,34+,35-,36-,37-,38-,39-,40-,41-/m1/s1. The lowest BCUT2D eigenvalue weighted by Gasteiger charge is -2.52. The zero-order valence-corrected chi connectivity index (χ0v) is 41.5. The molecular weight excluding hydrogens is 1010 g/mol. The molecule has 426 valence electrons. The van der Waals surface area contributed by atoms with Gasteiger partial charge < -0.3 is 148 Å². The molecule has 0 aromatic heterocycles. The summed E-state index contributed by atoms with van der Waals surface area (Å²) >= 11 is 0. The van der Waals surface area contributed by atoms with Gasteiger partial charge in [-0.1, -0.05) is 20.8 Å². The van der Waals surface area contributed by atoms with Crippen molar-refractivity contribution in [1.29, 1.82) is 0 Å². The number of aliphatic hydroxyl groups is 17. The third-order valence-corrected chi connectivity index (χ3v) is 19.4. The molecule has 0 radical (unpaired) electrons. The number of hydrogen-bond donors (Lipinski definition) is 17. The summed E-state index contributed by atoms with van der Waals surface area (Å²) in [4.78, 5) is 0. The summed E-state index contributed by atoms with van der Waals surface area (Å²) in [6.45, 7) is 3.37. The molecule has 30 atom stereocenters. The van der Waals surface area contributed by atoms with E-state index >= 15 is 0 Å². The smallest absolute Gasteiger partial charge is 0.192 e. The number of ether oxygens (including phenoxy) is 12. The molecule has 22 saturated heterocycles. The molecule has 31 heteroatoms. The summed E-state index contributed by atoms with van der Waals surface area (Å²) in [5, 5.41) is 188. The first kappa shape index (κ1) is 59.7. The molecule has 73 heavy (non-hydrogen) atoms. The summed E-state index contributed by atoms with van der Waals surface area (Å²) in [7, 11) is -3.02. The van der Waals surface area contributed by atoms with Crippen LogP contribution in [0.5, 0.6) is 0 Å². The van der Waals surface area contributed by atoms with Gasteiger partial charge in [-0.05, 0) is 18.1 Å². The lowest BCUT2D eigenvalue weighted by Crippen LogP contribution is -2.69. The van der Waals surface area contributed by atoms with E-state index in [9.17, 15) is 86.8 Å². The maximum absolute atomic E-state index is 12.1. The Hall–Kier alpha value is -0.983. The molecular formula is C42H74O30Si. The van der Waals surface area contributed by atoms with E-state index in [1.807, 2.05) is 20.8 Å². The molecule has 0 unspecified atom stereocenters. The Morgan fingerprint density at radius 1 is 0.301 bits per heavy atom. The zero-order chi connectivity index (χ0) is 53.8. The van der Waals surface area contributed by atoms with Gasteiger partial charge in [0.2, 0.25) is 0 Å². The fraction of sp³-hybridized carbons (Fsp3) is 1.00.